The molecular weight excluding hydrogens is 230 g/mol. The molecule has 2 nitrogen and oxygen atoms in total. The van der Waals surface area contributed by atoms with Crippen molar-refractivity contribution >= 4 is 11.8 Å². The van der Waals surface area contributed by atoms with Crippen molar-refractivity contribution in [1.29, 1.82) is 0 Å². The van der Waals surface area contributed by atoms with Gasteiger partial charge in [0, 0.05) is 29.3 Å². The first-order chi connectivity index (χ1) is 8.38. The Balaban J connectivity index is 1.70. The molecule has 1 heterocycles. The summed E-state index contributed by atoms with van der Waals surface area (Å²) in [6.45, 7) is 0. The van der Waals surface area contributed by atoms with Crippen LogP contribution in [0.2, 0.25) is 0 Å². The average molecular weight is 251 g/mol. The Morgan fingerprint density at radius 1 is 1.29 bits per heavy atom. The zero-order valence-electron chi connectivity index (χ0n) is 10.4. The van der Waals surface area contributed by atoms with Gasteiger partial charge in [-0.1, -0.05) is 6.42 Å². The summed E-state index contributed by atoms with van der Waals surface area (Å²) in [5, 5.41) is 4.69. The molecule has 17 heavy (non-hydrogen) atoms. The summed E-state index contributed by atoms with van der Waals surface area (Å²) in [5.41, 5.74) is 1.42. The van der Waals surface area contributed by atoms with Crippen molar-refractivity contribution in [3.05, 3.63) is 23.7 Å². The molecular formula is C14H21NOS. The Morgan fingerprint density at radius 3 is 3.12 bits per heavy atom. The van der Waals surface area contributed by atoms with Gasteiger partial charge in [0.05, 0.1) is 6.26 Å². The van der Waals surface area contributed by atoms with Gasteiger partial charge in [-0.25, -0.2) is 0 Å². The second kappa shape index (κ2) is 5.07. The van der Waals surface area contributed by atoms with Crippen molar-refractivity contribution in [2.75, 3.05) is 6.26 Å². The van der Waals surface area contributed by atoms with Gasteiger partial charge in [0.2, 0.25) is 0 Å². The van der Waals surface area contributed by atoms with E-state index in [1.54, 1.807) is 0 Å². The summed E-state index contributed by atoms with van der Waals surface area (Å²) in [6.07, 6.45) is 11.9. The topological polar surface area (TPSA) is 25.2 Å². The van der Waals surface area contributed by atoms with Crippen LogP contribution in [0.3, 0.4) is 0 Å². The van der Waals surface area contributed by atoms with E-state index >= 15 is 0 Å². The zero-order chi connectivity index (χ0) is 11.7. The molecule has 0 aromatic carbocycles. The van der Waals surface area contributed by atoms with Crippen molar-refractivity contribution in [3.8, 4) is 0 Å². The first-order valence-corrected chi connectivity index (χ1v) is 8.02. The molecule has 0 bridgehead atoms. The van der Waals surface area contributed by atoms with Gasteiger partial charge in [-0.15, -0.1) is 0 Å². The standard InChI is InChI=1S/C14H21NOS/c1-17-14-7-3-5-12(14)15-11-4-2-6-13-10(11)8-9-16-13/h8-9,11-12,14-15H,2-7H2,1H3. The van der Waals surface area contributed by atoms with Crippen LogP contribution in [0.5, 0.6) is 0 Å². The third kappa shape index (κ3) is 2.27. The van der Waals surface area contributed by atoms with E-state index in [-0.39, 0.29) is 0 Å². The van der Waals surface area contributed by atoms with E-state index in [4.69, 9.17) is 4.42 Å². The normalized spacial score (nSPS) is 32.6. The van der Waals surface area contributed by atoms with Crippen LogP contribution < -0.4 is 5.32 Å². The van der Waals surface area contributed by atoms with Gasteiger partial charge in [0.25, 0.3) is 0 Å². The van der Waals surface area contributed by atoms with Gasteiger partial charge in [0.1, 0.15) is 5.76 Å². The molecule has 3 unspecified atom stereocenters. The van der Waals surface area contributed by atoms with Crippen LogP contribution in [-0.4, -0.2) is 17.5 Å². The second-order valence-corrected chi connectivity index (χ2v) is 6.30. The Morgan fingerprint density at radius 2 is 2.24 bits per heavy atom. The minimum atomic E-state index is 0.537. The summed E-state index contributed by atoms with van der Waals surface area (Å²) >= 11 is 2.03. The summed E-state index contributed by atoms with van der Waals surface area (Å²) in [4.78, 5) is 0. The number of thioether (sulfide) groups is 1. The van der Waals surface area contributed by atoms with Gasteiger partial charge in [0.15, 0.2) is 0 Å². The van der Waals surface area contributed by atoms with Crippen LogP contribution in [0.1, 0.15) is 49.5 Å². The lowest BCUT2D eigenvalue weighted by Crippen LogP contribution is -2.38. The molecule has 1 fully saturated rings. The largest absolute Gasteiger partial charge is 0.469 e. The average Bonchev–Trinajstić information content (AvgIpc) is 2.97. The molecule has 94 valence electrons. The fraction of sp³-hybridized carbons (Fsp3) is 0.714. The quantitative estimate of drug-likeness (QED) is 0.889. The van der Waals surface area contributed by atoms with Gasteiger partial charge in [-0.05, 0) is 38.0 Å². The summed E-state index contributed by atoms with van der Waals surface area (Å²) < 4.78 is 5.56. The maximum absolute atomic E-state index is 5.56. The number of rotatable bonds is 3. The first-order valence-electron chi connectivity index (χ1n) is 6.73. The molecule has 2 aliphatic carbocycles. The molecule has 1 aromatic rings. The Labute approximate surface area is 108 Å². The lowest BCUT2D eigenvalue weighted by atomic mass is 9.92. The third-order valence-electron chi connectivity index (χ3n) is 4.22. The fourth-order valence-electron chi connectivity index (χ4n) is 3.32. The van der Waals surface area contributed by atoms with Crippen LogP contribution >= 0.6 is 11.8 Å². The van der Waals surface area contributed by atoms with Crippen LogP contribution in [0, 0.1) is 0 Å². The van der Waals surface area contributed by atoms with Crippen molar-refractivity contribution in [2.45, 2.75) is 55.9 Å². The van der Waals surface area contributed by atoms with Gasteiger partial charge in [-0.2, -0.15) is 11.8 Å². The minimum absolute atomic E-state index is 0.537. The van der Waals surface area contributed by atoms with E-state index in [2.05, 4.69) is 17.6 Å². The van der Waals surface area contributed by atoms with E-state index in [9.17, 15) is 0 Å². The predicted octanol–water partition coefficient (Wildman–Crippen LogP) is 3.53. The Hall–Kier alpha value is -0.410. The predicted molar refractivity (Wildman–Crippen MR) is 72.5 cm³/mol. The van der Waals surface area contributed by atoms with Gasteiger partial charge in [-0.3, -0.25) is 0 Å². The molecule has 0 saturated heterocycles. The van der Waals surface area contributed by atoms with E-state index in [1.807, 2.05) is 18.0 Å². The molecule has 1 aromatic heterocycles. The summed E-state index contributed by atoms with van der Waals surface area (Å²) in [7, 11) is 0. The highest BCUT2D eigenvalue weighted by atomic mass is 32.2. The molecule has 0 radical (unpaired) electrons. The van der Waals surface area contributed by atoms with Crippen molar-refractivity contribution in [3.63, 3.8) is 0 Å². The van der Waals surface area contributed by atoms with Crippen LogP contribution in [0.25, 0.3) is 0 Å². The highest BCUT2D eigenvalue weighted by molar-refractivity contribution is 7.99. The highest BCUT2D eigenvalue weighted by Gasteiger charge is 2.31. The van der Waals surface area contributed by atoms with Crippen LogP contribution in [0.4, 0.5) is 0 Å². The van der Waals surface area contributed by atoms with Gasteiger partial charge >= 0.3 is 0 Å². The number of hydrogen-bond donors (Lipinski definition) is 1. The molecule has 1 N–H and O–H groups in total. The maximum Gasteiger partial charge on any atom is 0.108 e. The molecule has 0 spiro atoms. The van der Waals surface area contributed by atoms with E-state index < -0.39 is 0 Å². The smallest absolute Gasteiger partial charge is 0.108 e. The zero-order valence-corrected chi connectivity index (χ0v) is 11.3. The van der Waals surface area contributed by atoms with E-state index in [0.29, 0.717) is 12.1 Å². The molecule has 0 aliphatic heterocycles. The minimum Gasteiger partial charge on any atom is -0.469 e. The van der Waals surface area contributed by atoms with Gasteiger partial charge < -0.3 is 9.73 Å². The maximum atomic E-state index is 5.56. The Kier molecular flexibility index (Phi) is 3.48. The molecule has 1 saturated carbocycles. The number of nitrogens with one attached hydrogen (secondary N) is 1. The second-order valence-electron chi connectivity index (χ2n) is 5.22. The third-order valence-corrected chi connectivity index (χ3v) is 5.39. The van der Waals surface area contributed by atoms with Crippen LogP contribution in [-0.2, 0) is 6.42 Å². The lowest BCUT2D eigenvalue weighted by Gasteiger charge is -2.28. The molecule has 0 amide bonds. The van der Waals surface area contributed by atoms with Crippen LogP contribution in [0.15, 0.2) is 16.7 Å². The SMILES string of the molecule is CSC1CCCC1NC1CCCc2occc21. The fourth-order valence-corrected chi connectivity index (χ4v) is 4.26. The highest BCUT2D eigenvalue weighted by Crippen LogP contribution is 2.35. The molecule has 3 atom stereocenters. The van der Waals surface area contributed by atoms with Crippen molar-refractivity contribution < 1.29 is 4.42 Å². The number of hydrogen-bond acceptors (Lipinski definition) is 3. The lowest BCUT2D eigenvalue weighted by molar-refractivity contribution is 0.376. The van der Waals surface area contributed by atoms with Crippen molar-refractivity contribution in [2.24, 2.45) is 0 Å². The number of furan rings is 1. The van der Waals surface area contributed by atoms with E-state index in [1.165, 1.54) is 43.4 Å². The monoisotopic (exact) mass is 251 g/mol. The van der Waals surface area contributed by atoms with E-state index in [0.717, 1.165) is 11.7 Å². The molecule has 3 heteroatoms. The summed E-state index contributed by atoms with van der Waals surface area (Å²) in [5.74, 6) is 1.22. The summed E-state index contributed by atoms with van der Waals surface area (Å²) in [6, 6.07) is 3.40. The van der Waals surface area contributed by atoms with Crippen molar-refractivity contribution in [1.82, 2.24) is 5.32 Å². The number of fused-ring (bicyclic) bond motifs is 1. The molecule has 2 aliphatic rings. The number of aryl methyl sites for hydroxylation is 1. The first kappa shape index (κ1) is 11.7. The Bertz CT molecular complexity index is 376. The molecule has 3 rings (SSSR count).